The number of carboxylic acid groups (broad SMARTS) is 1. The van der Waals surface area contributed by atoms with Crippen LogP contribution >= 0.6 is 0 Å². The van der Waals surface area contributed by atoms with Crippen LogP contribution in [-0.4, -0.2) is 41.6 Å². The smallest absolute Gasteiger partial charge is 0.324 e. The second-order valence-corrected chi connectivity index (χ2v) is 7.00. The average molecular weight is 326 g/mol. The molecule has 1 aromatic rings. The molecule has 0 aromatic heterocycles. The zero-order valence-corrected chi connectivity index (χ0v) is 13.6. The zero-order valence-electron chi connectivity index (χ0n) is 13.6. The monoisotopic (exact) mass is 326 g/mol. The molecule has 0 saturated heterocycles. The number of amides is 2. The van der Waals surface area contributed by atoms with E-state index < -0.39 is 11.4 Å². The summed E-state index contributed by atoms with van der Waals surface area (Å²) in [5.74, 6) is -0.681. The molecule has 126 valence electrons. The lowest BCUT2D eigenvalue weighted by Gasteiger charge is -2.39. The first-order chi connectivity index (χ1) is 11.6. The van der Waals surface area contributed by atoms with Gasteiger partial charge < -0.3 is 10.0 Å². The predicted molar refractivity (Wildman–Crippen MR) is 91.2 cm³/mol. The highest BCUT2D eigenvalue weighted by Gasteiger charge is 2.57. The topological polar surface area (TPSA) is 60.9 Å². The second-order valence-electron chi connectivity index (χ2n) is 7.00. The van der Waals surface area contributed by atoms with Crippen LogP contribution in [0.25, 0.3) is 0 Å². The summed E-state index contributed by atoms with van der Waals surface area (Å²) in [5, 5.41) is 9.66. The molecule has 1 N–H and O–H groups in total. The van der Waals surface area contributed by atoms with Crippen molar-refractivity contribution in [2.75, 3.05) is 24.5 Å². The number of urea groups is 1. The second kappa shape index (κ2) is 5.65. The number of nitrogens with zero attached hydrogens (tertiary/aromatic N) is 2. The van der Waals surface area contributed by atoms with E-state index in [0.29, 0.717) is 13.1 Å². The molecule has 1 aromatic carbocycles. The summed E-state index contributed by atoms with van der Waals surface area (Å²) < 4.78 is 0. The molecule has 4 rings (SSSR count). The Morgan fingerprint density at radius 3 is 2.58 bits per heavy atom. The van der Waals surface area contributed by atoms with Gasteiger partial charge in [0.2, 0.25) is 0 Å². The van der Waals surface area contributed by atoms with E-state index in [2.05, 4.69) is 6.08 Å². The van der Waals surface area contributed by atoms with Crippen LogP contribution in [0, 0.1) is 5.41 Å². The standard InChI is InChI=1S/C19H22N2O3/c22-17(23)19(9-10-19)15-8-13-21(16-7-3-2-6-14(15)16)18(24)20-11-4-1-5-12-20/h1-4,6-7,15H,5,8-13H2,(H,22,23). The van der Waals surface area contributed by atoms with Crippen molar-refractivity contribution in [1.29, 1.82) is 0 Å². The molecule has 1 fully saturated rings. The predicted octanol–water partition coefficient (Wildman–Crippen LogP) is 3.23. The summed E-state index contributed by atoms with van der Waals surface area (Å²) in [6, 6.07) is 7.86. The van der Waals surface area contributed by atoms with E-state index in [1.165, 1.54) is 0 Å². The lowest BCUT2D eigenvalue weighted by atomic mass is 9.78. The van der Waals surface area contributed by atoms with Crippen molar-refractivity contribution < 1.29 is 14.7 Å². The van der Waals surface area contributed by atoms with Gasteiger partial charge in [-0.25, -0.2) is 4.79 Å². The van der Waals surface area contributed by atoms with Crippen LogP contribution in [0.1, 0.15) is 37.2 Å². The number of carboxylic acids is 1. The van der Waals surface area contributed by atoms with Gasteiger partial charge in [-0.15, -0.1) is 0 Å². The van der Waals surface area contributed by atoms with Gasteiger partial charge >= 0.3 is 12.0 Å². The lowest BCUT2D eigenvalue weighted by molar-refractivity contribution is -0.144. The van der Waals surface area contributed by atoms with Crippen LogP contribution in [0.4, 0.5) is 10.5 Å². The SMILES string of the molecule is O=C(N1CC=CCC1)N1CCC(C2(C(=O)O)CC2)c2ccccc21. The highest BCUT2D eigenvalue weighted by atomic mass is 16.4. The Labute approximate surface area is 141 Å². The zero-order chi connectivity index (χ0) is 16.7. The molecular weight excluding hydrogens is 304 g/mol. The Balaban J connectivity index is 1.66. The van der Waals surface area contributed by atoms with Crippen molar-refractivity contribution in [3.05, 3.63) is 42.0 Å². The van der Waals surface area contributed by atoms with Gasteiger partial charge in [0.25, 0.3) is 0 Å². The van der Waals surface area contributed by atoms with E-state index in [0.717, 1.165) is 43.5 Å². The molecule has 1 saturated carbocycles. The minimum atomic E-state index is -0.691. The third kappa shape index (κ3) is 2.30. The maximum Gasteiger partial charge on any atom is 0.324 e. The first kappa shape index (κ1) is 15.2. The van der Waals surface area contributed by atoms with E-state index >= 15 is 0 Å². The number of hydrogen-bond donors (Lipinski definition) is 1. The minimum absolute atomic E-state index is 0.0106. The molecule has 0 radical (unpaired) electrons. The molecule has 1 unspecified atom stereocenters. The lowest BCUT2D eigenvalue weighted by Crippen LogP contribution is -2.48. The van der Waals surface area contributed by atoms with E-state index in [-0.39, 0.29) is 11.9 Å². The molecule has 2 aliphatic heterocycles. The summed E-state index contributed by atoms with van der Waals surface area (Å²) in [7, 11) is 0. The van der Waals surface area contributed by atoms with Gasteiger partial charge in [0.1, 0.15) is 0 Å². The number of hydrogen-bond acceptors (Lipinski definition) is 2. The number of carbonyl (C=O) groups excluding carboxylic acids is 1. The van der Waals surface area contributed by atoms with Crippen LogP contribution in [0.5, 0.6) is 0 Å². The summed E-state index contributed by atoms with van der Waals surface area (Å²) in [6.07, 6.45) is 7.24. The largest absolute Gasteiger partial charge is 0.481 e. The Morgan fingerprint density at radius 1 is 1.12 bits per heavy atom. The minimum Gasteiger partial charge on any atom is -0.481 e. The van der Waals surface area contributed by atoms with E-state index in [9.17, 15) is 14.7 Å². The summed E-state index contributed by atoms with van der Waals surface area (Å²) in [5.41, 5.74) is 1.30. The Kier molecular flexibility index (Phi) is 3.59. The number of para-hydroxylation sites is 1. The Hall–Kier alpha value is -2.30. The maximum absolute atomic E-state index is 12.9. The normalized spacial score (nSPS) is 24.4. The van der Waals surface area contributed by atoms with E-state index in [1.54, 1.807) is 0 Å². The fourth-order valence-electron chi connectivity index (χ4n) is 4.17. The molecule has 2 amide bonds. The molecular formula is C19H22N2O3. The Morgan fingerprint density at radius 2 is 1.92 bits per heavy atom. The van der Waals surface area contributed by atoms with Gasteiger partial charge in [-0.3, -0.25) is 9.69 Å². The molecule has 5 nitrogen and oxygen atoms in total. The van der Waals surface area contributed by atoms with Gasteiger partial charge in [-0.1, -0.05) is 30.4 Å². The number of fused-ring (bicyclic) bond motifs is 1. The van der Waals surface area contributed by atoms with Crippen molar-refractivity contribution in [2.45, 2.75) is 31.6 Å². The first-order valence-corrected chi connectivity index (χ1v) is 8.67. The molecule has 24 heavy (non-hydrogen) atoms. The van der Waals surface area contributed by atoms with Gasteiger partial charge in [-0.2, -0.15) is 0 Å². The third-order valence-corrected chi connectivity index (χ3v) is 5.69. The number of aliphatic carboxylic acids is 1. The highest BCUT2D eigenvalue weighted by Crippen LogP contribution is 2.60. The molecule has 1 atom stereocenters. The first-order valence-electron chi connectivity index (χ1n) is 8.67. The molecule has 0 bridgehead atoms. The number of benzene rings is 1. The average Bonchev–Trinajstić information content (AvgIpc) is 3.43. The van der Waals surface area contributed by atoms with Crippen molar-refractivity contribution in [2.24, 2.45) is 5.41 Å². The third-order valence-electron chi connectivity index (χ3n) is 5.69. The van der Waals surface area contributed by atoms with Gasteiger partial charge in [0.15, 0.2) is 0 Å². The molecule has 1 aliphatic carbocycles. The quantitative estimate of drug-likeness (QED) is 0.849. The fraction of sp³-hybridized carbons (Fsp3) is 0.474. The number of carbonyl (C=O) groups is 2. The van der Waals surface area contributed by atoms with Crippen molar-refractivity contribution in [3.8, 4) is 0 Å². The van der Waals surface area contributed by atoms with E-state index in [4.69, 9.17) is 0 Å². The molecule has 2 heterocycles. The van der Waals surface area contributed by atoms with Crippen molar-refractivity contribution in [3.63, 3.8) is 0 Å². The number of anilines is 1. The number of rotatable bonds is 2. The Bertz CT molecular complexity index is 708. The molecule has 0 spiro atoms. The molecule has 5 heteroatoms. The van der Waals surface area contributed by atoms with Crippen molar-refractivity contribution in [1.82, 2.24) is 4.90 Å². The summed E-state index contributed by atoms with van der Waals surface area (Å²) in [6.45, 7) is 1.99. The van der Waals surface area contributed by atoms with Gasteiger partial charge in [0.05, 0.1) is 5.41 Å². The van der Waals surface area contributed by atoms with Gasteiger partial charge in [-0.05, 0) is 37.3 Å². The van der Waals surface area contributed by atoms with Gasteiger partial charge in [0, 0.05) is 31.2 Å². The highest BCUT2D eigenvalue weighted by molar-refractivity contribution is 5.94. The van der Waals surface area contributed by atoms with Crippen molar-refractivity contribution >= 4 is 17.7 Å². The molecule has 3 aliphatic rings. The van der Waals surface area contributed by atoms with Crippen LogP contribution < -0.4 is 4.90 Å². The fourth-order valence-corrected chi connectivity index (χ4v) is 4.17. The van der Waals surface area contributed by atoms with Crippen LogP contribution in [-0.2, 0) is 4.79 Å². The van der Waals surface area contributed by atoms with Crippen LogP contribution in [0.2, 0.25) is 0 Å². The summed E-state index contributed by atoms with van der Waals surface area (Å²) >= 11 is 0. The maximum atomic E-state index is 12.9. The van der Waals surface area contributed by atoms with E-state index in [1.807, 2.05) is 40.1 Å². The van der Waals surface area contributed by atoms with Crippen LogP contribution in [0.3, 0.4) is 0 Å². The van der Waals surface area contributed by atoms with Crippen LogP contribution in [0.15, 0.2) is 36.4 Å². The summed E-state index contributed by atoms with van der Waals surface area (Å²) in [4.78, 5) is 28.4.